The van der Waals surface area contributed by atoms with E-state index in [-0.39, 0.29) is 39.8 Å². The van der Waals surface area contributed by atoms with Gasteiger partial charge in [-0.3, -0.25) is 116 Å². The van der Waals surface area contributed by atoms with Crippen molar-refractivity contribution >= 4 is 116 Å². The second-order valence-corrected chi connectivity index (χ2v) is 40.8. The summed E-state index contributed by atoms with van der Waals surface area (Å²) in [4.78, 5) is 204. The maximum absolute atomic E-state index is 14.7. The number of hydrogen-bond donors (Lipinski definition) is 24. The molecule has 0 aromatic carbocycles. The van der Waals surface area contributed by atoms with Gasteiger partial charge in [0.1, 0.15) is 157 Å². The third kappa shape index (κ3) is 22.2. The Balaban J connectivity index is 0.598. The molecule has 7 aliphatic rings. The number of nitrogen functional groups attached to an aromatic ring is 6. The topological polar surface area (TPSA) is 1070 Å². The van der Waals surface area contributed by atoms with Gasteiger partial charge in [0.05, 0.1) is 65.2 Å². The fourth-order valence-electron chi connectivity index (χ4n) is 16.3. The highest BCUT2D eigenvalue weighted by Crippen LogP contribution is 2.58. The molecule has 7 aliphatic heterocycles. The Bertz CT molecular complexity index is 7300. The number of anilines is 6. The van der Waals surface area contributed by atoms with Crippen molar-refractivity contribution in [2.75, 3.05) is 80.7 Å². The number of nitrogens with two attached hydrogens (primary N) is 6. The molecule has 0 bridgehead atoms. The van der Waals surface area contributed by atoms with Gasteiger partial charge in [0.2, 0.25) is 11.9 Å². The molecule has 7 saturated heterocycles. The quantitative estimate of drug-likeness (QED) is 0.0160. The van der Waals surface area contributed by atoms with Crippen molar-refractivity contribution in [3.8, 4) is 0 Å². The lowest BCUT2D eigenvalue weighted by Gasteiger charge is -2.27. The Hall–Kier alpha value is -10.6. The Labute approximate surface area is 799 Å². The maximum Gasteiger partial charge on any atom is 0.472 e. The predicted molar refractivity (Wildman–Crippen MR) is 461 cm³/mol. The van der Waals surface area contributed by atoms with Gasteiger partial charge >= 0.3 is 69.7 Å². The Morgan fingerprint density at radius 1 is 0.317 bits per heavy atom. The van der Waals surface area contributed by atoms with Gasteiger partial charge in [-0.05, 0) is 18.2 Å². The number of nitrogens with zero attached hydrogens (tertiary/aromatic N) is 17. The summed E-state index contributed by atoms with van der Waals surface area (Å²) in [5.74, 6) is -2.27. The molecule has 17 heterocycles. The summed E-state index contributed by atoms with van der Waals surface area (Å²) in [5, 5.41) is 103. The van der Waals surface area contributed by atoms with Gasteiger partial charge in [0.25, 0.3) is 16.7 Å². The van der Waals surface area contributed by atoms with Gasteiger partial charge in [0, 0.05) is 30.9 Å². The molecule has 790 valence electrons. The highest BCUT2D eigenvalue weighted by atomic mass is 31.2. The molecule has 34 atom stereocenters. The van der Waals surface area contributed by atoms with Crippen LogP contribution in [0.2, 0.25) is 0 Å². The average Bonchev–Trinajstić information content (AvgIpc) is 1.61. The maximum atomic E-state index is 14.7. The molecule has 30 N–H and O–H groups in total. The van der Waals surface area contributed by atoms with Gasteiger partial charge in [-0.1, -0.05) is 0 Å². The zero-order valence-corrected chi connectivity index (χ0v) is 77.9. The van der Waals surface area contributed by atoms with E-state index in [2.05, 4.69) is 59.8 Å². The van der Waals surface area contributed by atoms with E-state index in [0.717, 1.165) is 88.1 Å². The first-order chi connectivity index (χ1) is 68.3. The van der Waals surface area contributed by atoms with Crippen molar-refractivity contribution in [3.05, 3.63) is 147 Å². The molecular weight excluding hydrogens is 2090 g/mol. The molecular formula is C66H84N26O47P6. The van der Waals surface area contributed by atoms with Crippen molar-refractivity contribution in [1.29, 1.82) is 0 Å². The van der Waals surface area contributed by atoms with E-state index in [0.29, 0.717) is 18.3 Å². The molecule has 0 spiro atoms. The summed E-state index contributed by atoms with van der Waals surface area (Å²) in [5.41, 5.74) is 24.9. The normalized spacial score (nSPS) is 32.7. The van der Waals surface area contributed by atoms with Gasteiger partial charge < -0.3 is 143 Å². The number of ether oxygens (including phenoxy) is 7. The zero-order valence-electron chi connectivity index (χ0n) is 72.6. The SMILES string of the molecule is Nc1ccn([C@@H]2O[C@H](COP(=O)(O)O[C@H]3[C@@H](O)[C@H](n4ccc(N)nc4=O)O[C@@H]3COP(=O)(O)O[C@H]3[C@@H](O)[C@H](n4ccc(N)nc4=O)O[C@@H]3COP(=O)(O)O[C@H]3[C@@H](O)[C@H](n4cnc5c(N)ncnc54)O[C@@H]3COP(=O)(O)O[C@H]3[C@@H](O)[C@H](n4cnc5c(=O)[nH]c(N)nc54)O[C@@H]3COP(=O)(O)O[C@H]3[C@@H](O)[C@H](n4ccc(=O)[nH]c4=O)O[C@@H]3COP(=O)(O)O[C@H]3[C@@H](O)[C@H](n4cnc5c(=O)[nH]c(N)nc54)O[C@@H]3CO)[C@@H](O)[C@H]2O)c(=O)n1. The van der Waals surface area contributed by atoms with Crippen LogP contribution in [-0.2, 0) is 115 Å². The third-order valence-electron chi connectivity index (χ3n) is 22.9. The number of nitrogens with one attached hydrogen (secondary N) is 3. The number of rotatable bonds is 38. The van der Waals surface area contributed by atoms with Crippen molar-refractivity contribution in [3.63, 3.8) is 0 Å². The van der Waals surface area contributed by atoms with E-state index in [1.54, 1.807) is 0 Å². The lowest BCUT2D eigenvalue weighted by Crippen LogP contribution is -2.39. The van der Waals surface area contributed by atoms with Crippen LogP contribution in [0.1, 0.15) is 43.6 Å². The first-order valence-corrected chi connectivity index (χ1v) is 50.6. The molecule has 0 radical (unpaired) electrons. The van der Waals surface area contributed by atoms with Crippen molar-refractivity contribution in [1.82, 2.24) is 96.8 Å². The number of phosphoric ester groups is 6. The van der Waals surface area contributed by atoms with Crippen LogP contribution < -0.4 is 73.8 Å². The first-order valence-electron chi connectivity index (χ1n) is 41.6. The number of imidazole rings is 3. The molecule has 10 aromatic heterocycles. The van der Waals surface area contributed by atoms with Crippen LogP contribution in [0.25, 0.3) is 33.5 Å². The lowest BCUT2D eigenvalue weighted by atomic mass is 10.1. The second kappa shape index (κ2) is 41.1. The van der Waals surface area contributed by atoms with Crippen LogP contribution in [0.5, 0.6) is 0 Å². The number of H-pyrrole nitrogens is 3. The first kappa shape index (κ1) is 106. The summed E-state index contributed by atoms with van der Waals surface area (Å²) in [6.07, 6.45) is -52.9. The molecule has 73 nitrogen and oxygen atoms in total. The van der Waals surface area contributed by atoms with Crippen LogP contribution >= 0.6 is 46.9 Å². The number of aromatic nitrogens is 20. The minimum absolute atomic E-state index is 0.168. The smallest absolute Gasteiger partial charge is 0.394 e. The molecule has 6 unspecified atom stereocenters. The van der Waals surface area contributed by atoms with Crippen LogP contribution in [0.3, 0.4) is 0 Å². The summed E-state index contributed by atoms with van der Waals surface area (Å²) in [6, 6.07) is 3.91. The zero-order chi connectivity index (χ0) is 104. The molecule has 0 amide bonds. The fourth-order valence-corrected chi connectivity index (χ4v) is 22.1. The van der Waals surface area contributed by atoms with Gasteiger partial charge in [-0.15, -0.1) is 0 Å². The van der Waals surface area contributed by atoms with Crippen molar-refractivity contribution in [2.45, 2.75) is 172 Å². The molecule has 0 aliphatic carbocycles. The van der Waals surface area contributed by atoms with E-state index in [1.807, 2.05) is 4.98 Å². The van der Waals surface area contributed by atoms with Gasteiger partial charge in [-0.25, -0.2) is 71.5 Å². The van der Waals surface area contributed by atoms with Crippen LogP contribution in [0, 0.1) is 0 Å². The lowest BCUT2D eigenvalue weighted by molar-refractivity contribution is -0.0665. The molecule has 17 rings (SSSR count). The van der Waals surface area contributed by atoms with E-state index >= 15 is 0 Å². The summed E-state index contributed by atoms with van der Waals surface area (Å²) in [6.45, 7) is -9.51. The summed E-state index contributed by atoms with van der Waals surface area (Å²) >= 11 is 0. The second-order valence-electron chi connectivity index (χ2n) is 32.3. The number of hydrogen-bond acceptors (Lipinski definition) is 57. The molecule has 10 aromatic rings. The number of fused-ring (bicyclic) bond motifs is 3. The number of aromatic amines is 3. The van der Waals surface area contributed by atoms with Gasteiger partial charge in [0.15, 0.2) is 77.4 Å². The van der Waals surface area contributed by atoms with Crippen molar-refractivity contribution < 1.29 is 190 Å². The number of aliphatic hydroxyl groups excluding tert-OH is 9. The minimum Gasteiger partial charge on any atom is -0.394 e. The standard InChI is InChI=1S/C66H84N26O47P6/c67-27-1-5-86(63(105)78-27)54-35(96)34(95)21(128-54)10-121-140(109,110)135-43-22(129-55(37(43)98)87-6-2-28(68)79-64(87)106)12-123-142(113,114)136-44-23(130-56(38(44)99)88-7-3-29(69)80-65(88)107)13-124-144(117,118)138-46-25(132-58(40(46)101)90-17-75-31-48(70)73-16-74-49(31)90)14-125-145(119,120)139-47-26(133-60(41(47)102)92-19-77-33-51(92)83-62(72)85-53(33)104)15-126-143(115,116)137-45-24(131-57(39(45)100)89-8-4-30(94)81-66(89)108)11-122-141(111,112)134-42-20(9-93)127-59(36(42)97)91-18-76-32-50(91)82-61(71)84-52(32)103/h1-8,16-26,34-47,54-60,93,95-102H,9-15H2,(H,109,110)(H,111,112)(H,113,114)(H,115,116)(H,117,118)(H,119,120)(H2,67,78,105)(H2,68,79,106)(H2,69,80,107)(H2,70,73,74)(H,81,94,108)(H3,71,82,84,103)(H3,72,83,85,104)/t20-,21-,22-,23-,24-,25-,26-,34-,35-,36-,37-,38-,39-,40-,41-,42-,43-,44-,45-,46-,47-,54-,55-,56-,57-,58-,59-,60-/m1/s1. The molecule has 0 saturated carbocycles. The predicted octanol–water partition coefficient (Wildman–Crippen LogP) is -10.9. The van der Waals surface area contributed by atoms with Crippen LogP contribution in [0.15, 0.2) is 108 Å². The van der Waals surface area contributed by atoms with Crippen LogP contribution in [-0.4, -0.2) is 347 Å². The molecule has 7 fully saturated rings. The van der Waals surface area contributed by atoms with E-state index in [9.17, 15) is 136 Å². The van der Waals surface area contributed by atoms with E-state index in [4.69, 9.17) is 122 Å². The monoisotopic (exact) mass is 2180 g/mol. The van der Waals surface area contributed by atoms with Crippen LogP contribution in [0.4, 0.5) is 35.2 Å². The highest BCUT2D eigenvalue weighted by Gasteiger charge is 2.59. The average molecular weight is 2180 g/mol. The third-order valence-corrected chi connectivity index (χ3v) is 28.8. The molecule has 79 heteroatoms. The van der Waals surface area contributed by atoms with E-state index < -0.39 is 333 Å². The summed E-state index contributed by atoms with van der Waals surface area (Å²) < 4.78 is 196. The fraction of sp³-hybridized carbons (Fsp3) is 0.530. The van der Waals surface area contributed by atoms with Crippen molar-refractivity contribution in [2.24, 2.45) is 0 Å². The highest BCUT2D eigenvalue weighted by molar-refractivity contribution is 7.48. The Morgan fingerprint density at radius 2 is 0.593 bits per heavy atom. The largest absolute Gasteiger partial charge is 0.472 e. The van der Waals surface area contributed by atoms with Gasteiger partial charge in [-0.2, -0.15) is 24.9 Å². The molecule has 145 heavy (non-hydrogen) atoms. The summed E-state index contributed by atoms with van der Waals surface area (Å²) in [7, 11) is -35.7. The number of aliphatic hydroxyl groups is 9. The Morgan fingerprint density at radius 3 is 0.917 bits per heavy atom. The minimum atomic E-state index is -6.11. The Kier molecular flexibility index (Phi) is 30.0. The number of phosphoric acid groups is 6. The van der Waals surface area contributed by atoms with E-state index in [1.165, 1.54) is 0 Å².